The molecule has 2 aliphatic heterocycles. The number of likely N-dealkylation sites (tertiary alicyclic amines) is 1. The summed E-state index contributed by atoms with van der Waals surface area (Å²) in [6, 6.07) is 2.54. The number of ether oxygens (including phenoxy) is 1. The van der Waals surface area contributed by atoms with Crippen molar-refractivity contribution in [3.05, 3.63) is 80.0 Å². The van der Waals surface area contributed by atoms with Crippen molar-refractivity contribution >= 4 is 40.5 Å². The number of hydrogen-bond acceptors (Lipinski definition) is 9. The van der Waals surface area contributed by atoms with E-state index in [2.05, 4.69) is 20.4 Å². The third-order valence-electron chi connectivity index (χ3n) is 11.7. The number of aromatic nitrogens is 6. The number of nitrogens with zero attached hydrogens (tertiary/aromatic N) is 7. The van der Waals surface area contributed by atoms with Crippen LogP contribution >= 0.6 is 11.6 Å². The number of carbonyl (C=O) groups is 2. The number of carbonyl (C=O) groups excluding carboxylic acids is 2. The van der Waals surface area contributed by atoms with Crippen LogP contribution in [0.15, 0.2) is 35.4 Å². The van der Waals surface area contributed by atoms with E-state index in [0.717, 1.165) is 43.0 Å². The molecule has 9 rings (SSSR count). The van der Waals surface area contributed by atoms with Gasteiger partial charge in [0.25, 0.3) is 11.5 Å². The minimum absolute atomic E-state index is 0.0166. The van der Waals surface area contributed by atoms with E-state index >= 15 is 0 Å². The zero-order chi connectivity index (χ0) is 36.3. The molecule has 270 valence electrons. The van der Waals surface area contributed by atoms with Crippen molar-refractivity contribution in [1.29, 1.82) is 0 Å². The van der Waals surface area contributed by atoms with Gasteiger partial charge in [0.05, 0.1) is 35.2 Å². The Balaban J connectivity index is 1.12. The number of nitrogens with one attached hydrogen (secondary N) is 1. The van der Waals surface area contributed by atoms with Crippen molar-refractivity contribution in [2.45, 2.75) is 69.1 Å². The van der Waals surface area contributed by atoms with Crippen molar-refractivity contribution in [2.24, 2.45) is 11.8 Å². The van der Waals surface area contributed by atoms with Gasteiger partial charge < -0.3 is 24.6 Å². The molecule has 3 fully saturated rings. The molecule has 3 aliphatic carbocycles. The number of hydrogen-bond donors (Lipinski definition) is 2. The third kappa shape index (κ3) is 4.82. The minimum Gasteiger partial charge on any atom is -0.504 e. The van der Waals surface area contributed by atoms with Gasteiger partial charge in [-0.3, -0.25) is 14.4 Å². The normalized spacial score (nSPS) is 26.0. The maximum absolute atomic E-state index is 14.7. The highest BCUT2D eigenvalue weighted by Crippen LogP contribution is 2.72. The molecule has 2 amide bonds. The highest BCUT2D eigenvalue weighted by atomic mass is 35.5. The predicted octanol–water partition coefficient (Wildman–Crippen LogP) is 4.49. The molecule has 0 bridgehead atoms. The lowest BCUT2D eigenvalue weighted by molar-refractivity contribution is -0.137. The fourth-order valence-corrected chi connectivity index (χ4v) is 9.42. The molecule has 17 heteroatoms. The molecular weight excluding hydrogens is 705 g/mol. The highest BCUT2D eigenvalue weighted by Gasteiger charge is 2.70. The fourth-order valence-electron chi connectivity index (χ4n) is 9.19. The van der Waals surface area contributed by atoms with Crippen LogP contribution < -0.4 is 10.9 Å². The first-order valence-corrected chi connectivity index (χ1v) is 17.6. The van der Waals surface area contributed by atoms with Gasteiger partial charge in [-0.25, -0.2) is 9.97 Å². The summed E-state index contributed by atoms with van der Waals surface area (Å²) in [4.78, 5) is 56.8. The number of aromatic hydroxyl groups is 1. The fraction of sp³-hybridized carbons (Fsp3) is 0.457. The molecule has 52 heavy (non-hydrogen) atoms. The Kier molecular flexibility index (Phi) is 7.36. The molecule has 5 aliphatic rings. The molecule has 13 nitrogen and oxygen atoms in total. The van der Waals surface area contributed by atoms with Crippen LogP contribution in [0.5, 0.6) is 5.75 Å². The summed E-state index contributed by atoms with van der Waals surface area (Å²) in [5, 5.41) is 17.7. The first-order chi connectivity index (χ1) is 24.9. The number of piperidine rings is 1. The Morgan fingerprint density at radius 3 is 2.73 bits per heavy atom. The summed E-state index contributed by atoms with van der Waals surface area (Å²) < 4.78 is 48.3. The summed E-state index contributed by atoms with van der Waals surface area (Å²) in [6.45, 7) is 2.49. The second kappa shape index (κ2) is 11.6. The van der Waals surface area contributed by atoms with Crippen LogP contribution in [-0.2, 0) is 27.7 Å². The zero-order valence-corrected chi connectivity index (χ0v) is 28.5. The van der Waals surface area contributed by atoms with Gasteiger partial charge in [-0.05, 0) is 74.6 Å². The molecule has 5 heterocycles. The van der Waals surface area contributed by atoms with Crippen LogP contribution in [0.1, 0.15) is 76.8 Å². The SMILES string of the molecule is Cc1ncnc(C(=O)N2CC[C@]3(c4c(n(CC(=O)Nc5ccc(C(F)(F)F)cc5Cl)c5nc(C6=CCOCC6)nn5c4=O)[C@@H]4C[C@@H]43)[C@@H]3CC[C@@H]32)c1O. The van der Waals surface area contributed by atoms with Gasteiger partial charge in [-0.1, -0.05) is 17.7 Å². The quantitative estimate of drug-likeness (QED) is 0.302. The Labute approximate surface area is 298 Å². The van der Waals surface area contributed by atoms with E-state index < -0.39 is 23.1 Å². The number of benzene rings is 1. The van der Waals surface area contributed by atoms with E-state index in [4.69, 9.17) is 21.3 Å². The largest absolute Gasteiger partial charge is 0.504 e. The number of fused-ring (bicyclic) bond motifs is 8. The molecule has 2 saturated carbocycles. The Bertz CT molecular complexity index is 2310. The zero-order valence-electron chi connectivity index (χ0n) is 27.8. The highest BCUT2D eigenvalue weighted by molar-refractivity contribution is 6.33. The van der Waals surface area contributed by atoms with Crippen LogP contribution in [0.3, 0.4) is 0 Å². The standard InChI is InChI=1S/C35H32ClF3N8O5/c1-16-29(49)27(41-15-40-16)32(51)45-9-8-34(20-3-5-24(20)45)21-13-19(21)28-26(34)31(50)47-33(43-30(44-47)17-6-10-52-11-7-17)46(28)14-25(48)42-23-4-2-18(12-22(23)36)35(37,38)39/h2,4,6,12,15,19-21,24,49H,3,5,7-11,13-14H2,1H3,(H,42,48)/t19-,20-,21+,24+,34+/m1/s1. The average molecular weight is 737 g/mol. The molecule has 4 aromatic rings. The maximum Gasteiger partial charge on any atom is 0.416 e. The van der Waals surface area contributed by atoms with Crippen LogP contribution in [0.4, 0.5) is 18.9 Å². The Hall–Kier alpha value is -4.83. The first kappa shape index (κ1) is 33.0. The molecule has 5 atom stereocenters. The van der Waals surface area contributed by atoms with Gasteiger partial charge in [-0.2, -0.15) is 22.7 Å². The van der Waals surface area contributed by atoms with E-state index in [-0.39, 0.29) is 69.7 Å². The van der Waals surface area contributed by atoms with Gasteiger partial charge in [-0.15, -0.1) is 5.10 Å². The van der Waals surface area contributed by atoms with E-state index in [1.165, 1.54) is 10.8 Å². The van der Waals surface area contributed by atoms with Gasteiger partial charge >= 0.3 is 6.18 Å². The van der Waals surface area contributed by atoms with E-state index in [9.17, 15) is 32.7 Å². The number of alkyl halides is 3. The molecule has 3 aromatic heterocycles. The van der Waals surface area contributed by atoms with E-state index in [0.29, 0.717) is 55.4 Å². The van der Waals surface area contributed by atoms with Crippen molar-refractivity contribution in [3.8, 4) is 5.75 Å². The summed E-state index contributed by atoms with van der Waals surface area (Å²) in [6.07, 6.45) is 1.86. The molecule has 0 radical (unpaired) electrons. The summed E-state index contributed by atoms with van der Waals surface area (Å²) in [5.74, 6) is -0.624. The summed E-state index contributed by atoms with van der Waals surface area (Å²) >= 11 is 6.18. The van der Waals surface area contributed by atoms with Crippen LogP contribution in [0, 0.1) is 18.8 Å². The van der Waals surface area contributed by atoms with Crippen molar-refractivity contribution in [2.75, 3.05) is 25.1 Å². The van der Waals surface area contributed by atoms with Crippen molar-refractivity contribution in [1.82, 2.24) is 34.0 Å². The molecule has 0 unspecified atom stereocenters. The summed E-state index contributed by atoms with van der Waals surface area (Å²) in [5.41, 5.74) is 0.565. The molecule has 1 saturated heterocycles. The molecule has 1 aromatic carbocycles. The lowest BCUT2D eigenvalue weighted by Gasteiger charge is -2.58. The van der Waals surface area contributed by atoms with Crippen molar-refractivity contribution < 1.29 is 32.6 Å². The first-order valence-electron chi connectivity index (χ1n) is 17.2. The van der Waals surface area contributed by atoms with Gasteiger partial charge in [0.1, 0.15) is 12.9 Å². The number of aryl methyl sites for hydroxylation is 1. The monoisotopic (exact) mass is 736 g/mol. The van der Waals surface area contributed by atoms with Gasteiger partial charge in [0.15, 0.2) is 17.3 Å². The summed E-state index contributed by atoms with van der Waals surface area (Å²) in [7, 11) is 0. The Morgan fingerprint density at radius 2 is 2.02 bits per heavy atom. The van der Waals surface area contributed by atoms with Crippen LogP contribution in [0.25, 0.3) is 11.4 Å². The van der Waals surface area contributed by atoms with E-state index in [1.807, 2.05) is 6.08 Å². The lowest BCUT2D eigenvalue weighted by Crippen LogP contribution is -2.64. The lowest BCUT2D eigenvalue weighted by atomic mass is 9.54. The average Bonchev–Trinajstić information content (AvgIpc) is 3.68. The van der Waals surface area contributed by atoms with Gasteiger partial charge in [0.2, 0.25) is 11.7 Å². The second-order valence-corrected chi connectivity index (χ2v) is 14.6. The van der Waals surface area contributed by atoms with Crippen LogP contribution in [0.2, 0.25) is 5.02 Å². The smallest absolute Gasteiger partial charge is 0.416 e. The number of anilines is 1. The number of amides is 2. The number of rotatable bonds is 5. The van der Waals surface area contributed by atoms with E-state index in [1.54, 1.807) is 16.4 Å². The van der Waals surface area contributed by atoms with Crippen molar-refractivity contribution in [3.63, 3.8) is 0 Å². The topological polar surface area (TPSA) is 157 Å². The molecule has 2 N–H and O–H groups in total. The van der Waals surface area contributed by atoms with Gasteiger partial charge in [0, 0.05) is 35.2 Å². The molecular formula is C35H32ClF3N8O5. The number of halogens is 4. The minimum atomic E-state index is -4.60. The second-order valence-electron chi connectivity index (χ2n) is 14.2. The predicted molar refractivity (Wildman–Crippen MR) is 179 cm³/mol. The Morgan fingerprint density at radius 1 is 1.19 bits per heavy atom. The maximum atomic E-state index is 14.7. The third-order valence-corrected chi connectivity index (χ3v) is 12.0. The molecule has 1 spiro atoms. The van der Waals surface area contributed by atoms with Crippen LogP contribution in [-0.4, -0.2) is 76.8 Å².